The molecule has 1 saturated heterocycles. The number of alkyl halides is 4. The van der Waals surface area contributed by atoms with Gasteiger partial charge in [0.1, 0.15) is 0 Å². The molecule has 0 radical (unpaired) electrons. The summed E-state index contributed by atoms with van der Waals surface area (Å²) in [5.41, 5.74) is 0. The van der Waals surface area contributed by atoms with Crippen LogP contribution >= 0.6 is 70.8 Å². The smallest absolute Gasteiger partial charge is 0.214 e. The van der Waals surface area contributed by atoms with Gasteiger partial charge < -0.3 is 5.11 Å². The summed E-state index contributed by atoms with van der Waals surface area (Å²) in [6.45, 7) is 0. The normalized spacial score (nSPS) is 20.3. The molecule has 1 aliphatic heterocycles. The third-order valence-electron chi connectivity index (χ3n) is 1.49. The molecule has 0 atom stereocenters. The Hall–Kier alpha value is 0.740. The Morgan fingerprint density at radius 1 is 1.38 bits per heavy atom. The van der Waals surface area contributed by atoms with Crippen molar-refractivity contribution in [2.24, 2.45) is 0 Å². The first-order valence-corrected chi connectivity index (χ1v) is 6.80. The Morgan fingerprint density at radius 3 is 2.12 bits per heavy atom. The SMILES string of the molecule is ClC1(Cl)CSC1(Cl)Cl.Oc1ccnc(S)n1. The lowest BCUT2D eigenvalue weighted by Crippen LogP contribution is -2.46. The Balaban J connectivity index is 0.000000160. The zero-order valence-electron chi connectivity index (χ0n) is 7.57. The van der Waals surface area contributed by atoms with E-state index < -0.39 is 8.00 Å². The van der Waals surface area contributed by atoms with E-state index in [1.165, 1.54) is 24.0 Å². The van der Waals surface area contributed by atoms with Gasteiger partial charge in [0.2, 0.25) is 5.88 Å². The minimum absolute atomic E-state index is 0.0509. The number of hydrogen-bond acceptors (Lipinski definition) is 5. The molecule has 0 saturated carbocycles. The number of rotatable bonds is 0. The molecular weight excluding hydrogens is 334 g/mol. The van der Waals surface area contributed by atoms with Crippen LogP contribution in [0, 0.1) is 0 Å². The predicted molar refractivity (Wildman–Crippen MR) is 72.3 cm³/mol. The van der Waals surface area contributed by atoms with Crippen molar-refractivity contribution in [2.45, 2.75) is 13.2 Å². The van der Waals surface area contributed by atoms with Gasteiger partial charge >= 0.3 is 0 Å². The maximum atomic E-state index is 8.61. The fourth-order valence-electron chi connectivity index (χ4n) is 0.630. The lowest BCUT2D eigenvalue weighted by molar-refractivity contribution is 0.445. The molecule has 1 aromatic heterocycles. The molecule has 1 aliphatic rings. The molecule has 90 valence electrons. The fourth-order valence-corrected chi connectivity index (χ4v) is 2.69. The van der Waals surface area contributed by atoms with Crippen LogP contribution in [0.15, 0.2) is 17.4 Å². The lowest BCUT2D eigenvalue weighted by Gasteiger charge is -2.41. The highest BCUT2D eigenvalue weighted by Gasteiger charge is 2.56. The van der Waals surface area contributed by atoms with Gasteiger partial charge in [-0.25, -0.2) is 4.98 Å². The van der Waals surface area contributed by atoms with Crippen molar-refractivity contribution in [2.75, 3.05) is 5.75 Å². The van der Waals surface area contributed by atoms with Crippen molar-refractivity contribution in [3.63, 3.8) is 0 Å². The topological polar surface area (TPSA) is 46.0 Å². The van der Waals surface area contributed by atoms with Gasteiger partial charge in [0.05, 0.1) is 0 Å². The molecule has 0 aliphatic carbocycles. The van der Waals surface area contributed by atoms with Crippen LogP contribution in [0.2, 0.25) is 0 Å². The molecule has 16 heavy (non-hydrogen) atoms. The fraction of sp³-hybridized carbons (Fsp3) is 0.429. The molecule has 1 aromatic rings. The van der Waals surface area contributed by atoms with Crippen molar-refractivity contribution in [1.29, 1.82) is 0 Å². The Kier molecular flexibility index (Phi) is 5.17. The summed E-state index contributed by atoms with van der Waals surface area (Å²) < 4.78 is -1.93. The van der Waals surface area contributed by atoms with Gasteiger partial charge in [-0.15, -0.1) is 24.4 Å². The van der Waals surface area contributed by atoms with E-state index in [0.717, 1.165) is 0 Å². The molecule has 0 unspecified atom stereocenters. The summed E-state index contributed by atoms with van der Waals surface area (Å²) >= 11 is 27.4. The molecule has 0 spiro atoms. The predicted octanol–water partition coefficient (Wildman–Crippen LogP) is 3.51. The van der Waals surface area contributed by atoms with Crippen LogP contribution in [0.25, 0.3) is 0 Å². The van der Waals surface area contributed by atoms with Gasteiger partial charge in [-0.05, 0) is 0 Å². The number of thioether (sulfide) groups is 1. The molecule has 9 heteroatoms. The highest BCUT2D eigenvalue weighted by molar-refractivity contribution is 8.05. The van der Waals surface area contributed by atoms with E-state index in [1.54, 1.807) is 0 Å². The molecule has 1 fully saturated rings. The third-order valence-corrected chi connectivity index (χ3v) is 6.05. The summed E-state index contributed by atoms with van der Waals surface area (Å²) in [5, 5.41) is 8.90. The number of nitrogens with zero attached hydrogens (tertiary/aromatic N) is 2. The second-order valence-corrected chi connectivity index (χ2v) is 7.57. The van der Waals surface area contributed by atoms with Crippen LogP contribution in [0.5, 0.6) is 5.88 Å². The van der Waals surface area contributed by atoms with Gasteiger partial charge in [0.25, 0.3) is 0 Å². The standard InChI is InChI=1S/C4H4N2OS.C3H2Cl4S/c7-3-1-2-5-4(8)6-3;4-2(5)1-8-3(2,6)7/h1-2H,(H2,5,6,7,8);1H2. The first-order valence-electron chi connectivity index (χ1n) is 3.85. The van der Waals surface area contributed by atoms with Crippen LogP contribution in [-0.2, 0) is 0 Å². The molecule has 0 aromatic carbocycles. The largest absolute Gasteiger partial charge is 0.493 e. The van der Waals surface area contributed by atoms with Crippen LogP contribution in [0.3, 0.4) is 0 Å². The summed E-state index contributed by atoms with van der Waals surface area (Å²) in [6, 6.07) is 1.39. The first-order chi connectivity index (χ1) is 7.24. The van der Waals surface area contributed by atoms with Gasteiger partial charge in [0, 0.05) is 18.0 Å². The zero-order chi connectivity index (χ0) is 12.4. The average molecular weight is 340 g/mol. The van der Waals surface area contributed by atoms with Crippen LogP contribution < -0.4 is 0 Å². The van der Waals surface area contributed by atoms with E-state index in [1.807, 2.05) is 0 Å². The van der Waals surface area contributed by atoms with Crippen molar-refractivity contribution in [3.8, 4) is 5.88 Å². The minimum atomic E-state index is -0.990. The number of aromatic hydroxyl groups is 1. The molecule has 2 rings (SSSR count). The zero-order valence-corrected chi connectivity index (χ0v) is 12.3. The second-order valence-electron chi connectivity index (χ2n) is 2.72. The number of halogens is 4. The Morgan fingerprint density at radius 2 is 1.94 bits per heavy atom. The molecule has 1 N–H and O–H groups in total. The molecule has 0 amide bonds. The molecular formula is C7H6Cl4N2OS2. The second kappa shape index (κ2) is 5.59. The van der Waals surface area contributed by atoms with Crippen LogP contribution in [0.4, 0.5) is 0 Å². The van der Waals surface area contributed by atoms with Gasteiger partial charge in [-0.1, -0.05) is 46.4 Å². The van der Waals surface area contributed by atoms with E-state index in [-0.39, 0.29) is 11.0 Å². The summed E-state index contributed by atoms with van der Waals surface area (Å²) in [4.78, 5) is 7.12. The third kappa shape index (κ3) is 3.89. The van der Waals surface area contributed by atoms with Crippen LogP contribution in [-0.4, -0.2) is 28.8 Å². The van der Waals surface area contributed by atoms with Crippen molar-refractivity contribution < 1.29 is 5.11 Å². The Bertz CT molecular complexity index is 346. The van der Waals surface area contributed by atoms with Crippen molar-refractivity contribution in [1.82, 2.24) is 9.97 Å². The van der Waals surface area contributed by atoms with E-state index in [2.05, 4.69) is 22.6 Å². The molecule has 0 bridgehead atoms. The monoisotopic (exact) mass is 338 g/mol. The minimum Gasteiger partial charge on any atom is -0.493 e. The van der Waals surface area contributed by atoms with Crippen molar-refractivity contribution in [3.05, 3.63) is 12.3 Å². The first kappa shape index (κ1) is 14.8. The van der Waals surface area contributed by atoms with Crippen LogP contribution in [0.1, 0.15) is 0 Å². The van der Waals surface area contributed by atoms with E-state index in [9.17, 15) is 0 Å². The maximum Gasteiger partial charge on any atom is 0.214 e. The number of thiol groups is 1. The van der Waals surface area contributed by atoms with E-state index >= 15 is 0 Å². The lowest BCUT2D eigenvalue weighted by atomic mass is 10.5. The number of aromatic nitrogens is 2. The van der Waals surface area contributed by atoms with Gasteiger partial charge in [-0.3, -0.25) is 0 Å². The highest BCUT2D eigenvalue weighted by Crippen LogP contribution is 2.60. The quantitative estimate of drug-likeness (QED) is 0.431. The summed E-state index contributed by atoms with van der Waals surface area (Å²) in [6.07, 6.45) is 1.44. The van der Waals surface area contributed by atoms with Gasteiger partial charge in [0.15, 0.2) is 13.2 Å². The van der Waals surface area contributed by atoms with E-state index in [4.69, 9.17) is 51.5 Å². The van der Waals surface area contributed by atoms with Crippen molar-refractivity contribution >= 4 is 70.8 Å². The maximum absolute atomic E-state index is 8.61. The highest BCUT2D eigenvalue weighted by atomic mass is 35.5. The average Bonchev–Trinajstić information content (AvgIpc) is 2.17. The summed E-state index contributed by atoms with van der Waals surface area (Å²) in [5.74, 6) is 0.549. The summed E-state index contributed by atoms with van der Waals surface area (Å²) in [7, 11) is 0. The Labute approximate surface area is 122 Å². The van der Waals surface area contributed by atoms with E-state index in [0.29, 0.717) is 5.75 Å². The molecule has 3 nitrogen and oxygen atoms in total. The van der Waals surface area contributed by atoms with Gasteiger partial charge in [-0.2, -0.15) is 4.98 Å². The molecule has 2 heterocycles. The number of hydrogen-bond donors (Lipinski definition) is 2.